The summed E-state index contributed by atoms with van der Waals surface area (Å²) in [5, 5.41) is 6.38. The first-order chi connectivity index (χ1) is 14.6. The van der Waals surface area contributed by atoms with E-state index >= 15 is 0 Å². The van der Waals surface area contributed by atoms with Gasteiger partial charge in [0.2, 0.25) is 5.91 Å². The second-order valence-corrected chi connectivity index (χ2v) is 8.64. The van der Waals surface area contributed by atoms with Crippen molar-refractivity contribution in [3.8, 4) is 0 Å². The van der Waals surface area contributed by atoms with Gasteiger partial charge in [-0.05, 0) is 36.2 Å². The van der Waals surface area contributed by atoms with E-state index in [1.807, 2.05) is 35.5 Å². The highest BCUT2D eigenvalue weighted by molar-refractivity contribution is 7.03. The Kier molecular flexibility index (Phi) is 6.50. The van der Waals surface area contributed by atoms with E-state index in [0.717, 1.165) is 30.9 Å². The van der Waals surface area contributed by atoms with Crippen molar-refractivity contribution in [2.75, 3.05) is 33.2 Å². The lowest BCUT2D eigenvalue weighted by molar-refractivity contribution is -0.130. The van der Waals surface area contributed by atoms with Crippen LogP contribution in [-0.2, 0) is 11.2 Å². The van der Waals surface area contributed by atoms with Crippen LogP contribution in [0.4, 0.5) is 0 Å². The number of hydrogen-bond donors (Lipinski definition) is 0. The molecule has 1 fully saturated rings. The van der Waals surface area contributed by atoms with Crippen molar-refractivity contribution in [3.63, 3.8) is 0 Å². The van der Waals surface area contributed by atoms with E-state index < -0.39 is 0 Å². The van der Waals surface area contributed by atoms with Crippen molar-refractivity contribution in [1.29, 1.82) is 0 Å². The second kappa shape index (κ2) is 9.45. The topological polar surface area (TPSA) is 62.2 Å². The zero-order chi connectivity index (χ0) is 20.9. The molecule has 0 N–H and O–H groups in total. The number of likely N-dealkylation sites (N-methyl/N-ethyl adjacent to an activating group) is 1. The number of carbonyl (C=O) groups is 1. The average Bonchev–Trinajstić information content (AvgIpc) is 3.43. The zero-order valence-electron chi connectivity index (χ0n) is 17.4. The Bertz CT molecular complexity index is 945. The van der Waals surface area contributed by atoms with Gasteiger partial charge in [0.05, 0.1) is 12.2 Å². The van der Waals surface area contributed by atoms with Crippen LogP contribution >= 0.6 is 11.5 Å². The molecule has 0 radical (unpaired) electrons. The summed E-state index contributed by atoms with van der Waals surface area (Å²) in [6.07, 6.45) is 2.56. The molecule has 1 aliphatic rings. The molecule has 2 atom stereocenters. The fourth-order valence-corrected chi connectivity index (χ4v) is 4.58. The normalized spacial score (nSPS) is 19.1. The van der Waals surface area contributed by atoms with Crippen molar-refractivity contribution in [1.82, 2.24) is 24.4 Å². The molecule has 0 aliphatic carbocycles. The van der Waals surface area contributed by atoms with Gasteiger partial charge < -0.3 is 4.90 Å². The first kappa shape index (κ1) is 20.6. The van der Waals surface area contributed by atoms with E-state index in [9.17, 15) is 4.79 Å². The number of likely N-dealkylation sites (tertiary alicyclic amines) is 1. The Morgan fingerprint density at radius 2 is 1.97 bits per heavy atom. The van der Waals surface area contributed by atoms with Gasteiger partial charge in [0.15, 0.2) is 0 Å². The average molecular weight is 422 g/mol. The lowest BCUT2D eigenvalue weighted by Gasteiger charge is -2.21. The van der Waals surface area contributed by atoms with Gasteiger partial charge in [0.25, 0.3) is 0 Å². The molecule has 1 saturated heterocycles. The quantitative estimate of drug-likeness (QED) is 0.587. The number of pyridine rings is 1. The van der Waals surface area contributed by atoms with Crippen LogP contribution in [0, 0.1) is 6.92 Å². The molecule has 0 saturated carbocycles. The molecule has 3 aromatic rings. The Morgan fingerprint density at radius 1 is 1.17 bits per heavy atom. The first-order valence-corrected chi connectivity index (χ1v) is 11.1. The molecule has 3 heterocycles. The number of nitrogens with zero attached hydrogens (tertiary/aromatic N) is 5. The zero-order valence-corrected chi connectivity index (χ0v) is 18.3. The van der Waals surface area contributed by atoms with Gasteiger partial charge in [-0.15, -0.1) is 5.10 Å². The summed E-state index contributed by atoms with van der Waals surface area (Å²) in [6.45, 7) is 4.88. The number of carbonyl (C=O) groups excluding carboxylic acids is 1. The molecule has 0 spiro atoms. The van der Waals surface area contributed by atoms with Crippen molar-refractivity contribution < 1.29 is 4.79 Å². The Balaban J connectivity index is 1.40. The molecule has 7 heteroatoms. The number of amides is 1. The van der Waals surface area contributed by atoms with Gasteiger partial charge in [0, 0.05) is 62.2 Å². The number of rotatable bonds is 7. The van der Waals surface area contributed by atoms with Crippen molar-refractivity contribution in [2.45, 2.75) is 25.2 Å². The summed E-state index contributed by atoms with van der Waals surface area (Å²) in [4.78, 5) is 21.3. The molecule has 4 rings (SSSR count). The molecule has 0 unspecified atom stereocenters. The SMILES string of the molecule is Cc1ccc([C@@H]2CN(CC(=O)N(C)CCc3ccccn3)C[C@H]2c2csnn2)cc1. The van der Waals surface area contributed by atoms with Crippen LogP contribution in [0.1, 0.15) is 34.4 Å². The van der Waals surface area contributed by atoms with Gasteiger partial charge in [-0.1, -0.05) is 40.4 Å². The number of benzene rings is 1. The van der Waals surface area contributed by atoms with Crippen molar-refractivity contribution in [2.24, 2.45) is 0 Å². The predicted molar refractivity (Wildman–Crippen MR) is 119 cm³/mol. The molecular formula is C23H27N5OS. The highest BCUT2D eigenvalue weighted by Crippen LogP contribution is 2.39. The van der Waals surface area contributed by atoms with Crippen LogP contribution in [-0.4, -0.2) is 63.5 Å². The Labute approximate surface area is 181 Å². The highest BCUT2D eigenvalue weighted by atomic mass is 32.1. The van der Waals surface area contributed by atoms with Crippen LogP contribution < -0.4 is 0 Å². The molecule has 6 nitrogen and oxygen atoms in total. The molecule has 1 amide bonds. The van der Waals surface area contributed by atoms with E-state index in [1.54, 1.807) is 6.20 Å². The van der Waals surface area contributed by atoms with Crippen molar-refractivity contribution in [3.05, 3.63) is 76.6 Å². The fourth-order valence-electron chi connectivity index (χ4n) is 4.06. The van der Waals surface area contributed by atoms with E-state index in [-0.39, 0.29) is 11.8 Å². The smallest absolute Gasteiger partial charge is 0.236 e. The third-order valence-corrected chi connectivity index (χ3v) is 6.39. The highest BCUT2D eigenvalue weighted by Gasteiger charge is 2.37. The molecule has 0 bridgehead atoms. The lowest BCUT2D eigenvalue weighted by atomic mass is 9.87. The van der Waals surface area contributed by atoms with E-state index in [4.69, 9.17) is 0 Å². The lowest BCUT2D eigenvalue weighted by Crippen LogP contribution is -2.38. The third-order valence-electron chi connectivity index (χ3n) is 5.87. The largest absolute Gasteiger partial charge is 0.344 e. The number of aryl methyl sites for hydroxylation is 1. The monoisotopic (exact) mass is 421 g/mol. The molecule has 1 aromatic carbocycles. The van der Waals surface area contributed by atoms with Crippen LogP contribution in [0.25, 0.3) is 0 Å². The predicted octanol–water partition coefficient (Wildman–Crippen LogP) is 3.13. The summed E-state index contributed by atoms with van der Waals surface area (Å²) >= 11 is 1.39. The van der Waals surface area contributed by atoms with Gasteiger partial charge in [-0.25, -0.2) is 0 Å². The summed E-state index contributed by atoms with van der Waals surface area (Å²) in [7, 11) is 1.88. The first-order valence-electron chi connectivity index (χ1n) is 10.3. The minimum Gasteiger partial charge on any atom is -0.344 e. The summed E-state index contributed by atoms with van der Waals surface area (Å²) < 4.78 is 4.07. The summed E-state index contributed by atoms with van der Waals surface area (Å²) in [5.74, 6) is 0.727. The number of hydrogen-bond acceptors (Lipinski definition) is 6. The van der Waals surface area contributed by atoms with Crippen LogP contribution in [0.5, 0.6) is 0 Å². The third kappa shape index (κ3) is 4.91. The second-order valence-electron chi connectivity index (χ2n) is 8.03. The van der Waals surface area contributed by atoms with E-state index in [0.29, 0.717) is 19.0 Å². The molecule has 2 aromatic heterocycles. The standard InChI is InChI=1S/C23H27N5OS/c1-17-6-8-18(9-7-17)20-13-28(14-21(20)22-16-30-26-25-22)15-23(29)27(2)12-10-19-5-3-4-11-24-19/h3-9,11,16,20-21H,10,12-15H2,1-2H3/t20-,21+/m0/s1. The molecule has 30 heavy (non-hydrogen) atoms. The Morgan fingerprint density at radius 3 is 2.67 bits per heavy atom. The maximum absolute atomic E-state index is 12.8. The van der Waals surface area contributed by atoms with Crippen LogP contribution in [0.3, 0.4) is 0 Å². The van der Waals surface area contributed by atoms with Gasteiger partial charge in [0.1, 0.15) is 0 Å². The molecule has 156 valence electrons. The fraction of sp³-hybridized carbons (Fsp3) is 0.391. The minimum atomic E-state index is 0.144. The van der Waals surface area contributed by atoms with E-state index in [2.05, 4.69) is 50.7 Å². The van der Waals surface area contributed by atoms with Gasteiger partial charge in [-0.3, -0.25) is 14.7 Å². The van der Waals surface area contributed by atoms with Gasteiger partial charge in [-0.2, -0.15) is 0 Å². The summed E-state index contributed by atoms with van der Waals surface area (Å²) in [5.41, 5.74) is 4.60. The van der Waals surface area contributed by atoms with Crippen molar-refractivity contribution >= 4 is 17.4 Å². The van der Waals surface area contributed by atoms with Crippen LogP contribution in [0.2, 0.25) is 0 Å². The molecular weight excluding hydrogens is 394 g/mol. The van der Waals surface area contributed by atoms with E-state index in [1.165, 1.54) is 22.7 Å². The minimum absolute atomic E-state index is 0.144. The van der Waals surface area contributed by atoms with Crippen LogP contribution in [0.15, 0.2) is 54.0 Å². The maximum Gasteiger partial charge on any atom is 0.236 e. The van der Waals surface area contributed by atoms with Gasteiger partial charge >= 0.3 is 0 Å². The maximum atomic E-state index is 12.8. The number of aromatic nitrogens is 3. The summed E-state index contributed by atoms with van der Waals surface area (Å²) in [6, 6.07) is 14.6. The Hall–Kier alpha value is -2.64. The molecule has 1 aliphatic heterocycles.